The van der Waals surface area contributed by atoms with Crippen LogP contribution in [0, 0.1) is 18.7 Å². The largest absolute Gasteiger partial charge is 0.379 e. The summed E-state index contributed by atoms with van der Waals surface area (Å²) in [5.41, 5.74) is 6.55. The smallest absolute Gasteiger partial charge is 0.277 e. The molecule has 1 aliphatic heterocycles. The molecule has 1 aromatic heterocycles. The van der Waals surface area contributed by atoms with Crippen molar-refractivity contribution in [3.63, 3.8) is 0 Å². The Hall–Kier alpha value is -2.35. The second-order valence-corrected chi connectivity index (χ2v) is 8.14. The molecule has 0 spiro atoms. The van der Waals surface area contributed by atoms with E-state index in [1.807, 2.05) is 0 Å². The fraction of sp³-hybridized carbons (Fsp3) is 0.421. The second kappa shape index (κ2) is 6.99. The van der Waals surface area contributed by atoms with E-state index in [9.17, 15) is 9.18 Å². The van der Waals surface area contributed by atoms with Crippen molar-refractivity contribution in [1.29, 1.82) is 0 Å². The Kier molecular flexibility index (Phi) is 4.67. The lowest BCUT2D eigenvalue weighted by atomic mass is 9.69. The van der Waals surface area contributed by atoms with Crippen LogP contribution in [0.1, 0.15) is 47.5 Å². The van der Waals surface area contributed by atoms with Gasteiger partial charge in [0.2, 0.25) is 0 Å². The number of rotatable bonds is 3. The summed E-state index contributed by atoms with van der Waals surface area (Å²) in [4.78, 5) is 17.1. The molecule has 1 fully saturated rings. The molecule has 0 unspecified atom stereocenters. The molecular weight excluding hydrogens is 367 g/mol. The first-order valence-corrected chi connectivity index (χ1v) is 9.99. The van der Waals surface area contributed by atoms with Gasteiger partial charge in [0.1, 0.15) is 11.6 Å². The van der Waals surface area contributed by atoms with Crippen LogP contribution in [0.25, 0.3) is 0 Å². The quantitative estimate of drug-likeness (QED) is 0.834. The van der Waals surface area contributed by atoms with E-state index in [0.29, 0.717) is 22.2 Å². The highest BCUT2D eigenvalue weighted by Gasteiger charge is 2.46. The van der Waals surface area contributed by atoms with Gasteiger partial charge in [-0.3, -0.25) is 9.79 Å². The molecule has 0 saturated heterocycles. The average molecular weight is 388 g/mol. The fourth-order valence-corrected chi connectivity index (χ4v) is 5.07. The van der Waals surface area contributed by atoms with Crippen molar-refractivity contribution < 1.29 is 13.7 Å². The number of aromatic nitrogens is 1. The summed E-state index contributed by atoms with van der Waals surface area (Å²) >= 11 is 1.53. The minimum atomic E-state index is -0.650. The Morgan fingerprint density at radius 2 is 2.26 bits per heavy atom. The van der Waals surface area contributed by atoms with Crippen LogP contribution in [-0.4, -0.2) is 22.0 Å². The Balaban J connectivity index is 1.69. The molecule has 0 bridgehead atoms. The standard InChI is InChI=1S/C19H21FN4O2S/c1-11-8-16(24-26-11)17(25)22-13-5-6-15(20)14(9-13)19-7-3-2-4-12(19)10-27-18(21)23-19/h5-6,8-9,12H,2-4,7,10H2,1H3,(H2,21,23)(H,22,25)/t12-,19-/m0/s1. The zero-order valence-corrected chi connectivity index (χ0v) is 15.8. The number of aryl methyl sites for hydroxylation is 1. The number of amidine groups is 1. The van der Waals surface area contributed by atoms with E-state index in [0.717, 1.165) is 31.4 Å². The van der Waals surface area contributed by atoms with Gasteiger partial charge in [-0.25, -0.2) is 4.39 Å². The number of halogens is 1. The van der Waals surface area contributed by atoms with E-state index in [4.69, 9.17) is 15.2 Å². The maximum absolute atomic E-state index is 14.9. The first-order chi connectivity index (χ1) is 13.0. The zero-order valence-electron chi connectivity index (χ0n) is 15.0. The van der Waals surface area contributed by atoms with Gasteiger partial charge in [0.05, 0.1) is 5.54 Å². The molecule has 1 saturated carbocycles. The maximum Gasteiger partial charge on any atom is 0.277 e. The van der Waals surface area contributed by atoms with Gasteiger partial charge in [-0.15, -0.1) is 0 Å². The van der Waals surface area contributed by atoms with Crippen LogP contribution >= 0.6 is 11.8 Å². The molecule has 4 rings (SSSR count). The first-order valence-electron chi connectivity index (χ1n) is 9.01. The zero-order chi connectivity index (χ0) is 19.0. The number of benzene rings is 1. The van der Waals surface area contributed by atoms with Crippen molar-refractivity contribution >= 4 is 28.5 Å². The molecule has 2 atom stereocenters. The topological polar surface area (TPSA) is 93.5 Å². The number of aliphatic imine (C=N–C) groups is 1. The molecule has 142 valence electrons. The fourth-order valence-electron chi connectivity index (χ4n) is 4.03. The number of fused-ring (bicyclic) bond motifs is 1. The number of amides is 1. The summed E-state index contributed by atoms with van der Waals surface area (Å²) in [6, 6.07) is 6.17. The van der Waals surface area contributed by atoms with Gasteiger partial charge >= 0.3 is 0 Å². The Labute approximate surface area is 160 Å². The SMILES string of the molecule is Cc1cc(C(=O)Nc2ccc(F)c([C@]34CCCC[C@H]3CSC(N)=N4)c2)no1. The summed E-state index contributed by atoms with van der Waals surface area (Å²) in [7, 11) is 0. The lowest BCUT2D eigenvalue weighted by Crippen LogP contribution is -2.43. The van der Waals surface area contributed by atoms with Crippen LogP contribution in [0.4, 0.5) is 10.1 Å². The molecule has 1 aromatic carbocycles. The number of carbonyl (C=O) groups is 1. The molecule has 6 nitrogen and oxygen atoms in total. The third-order valence-corrected chi connectivity index (χ3v) is 6.29. The van der Waals surface area contributed by atoms with Crippen LogP contribution in [0.15, 0.2) is 33.8 Å². The van der Waals surface area contributed by atoms with Crippen molar-refractivity contribution in [1.82, 2.24) is 5.16 Å². The van der Waals surface area contributed by atoms with Crippen LogP contribution in [-0.2, 0) is 5.54 Å². The van der Waals surface area contributed by atoms with Crippen LogP contribution < -0.4 is 11.1 Å². The van der Waals surface area contributed by atoms with Gasteiger partial charge in [-0.2, -0.15) is 0 Å². The average Bonchev–Trinajstić information content (AvgIpc) is 3.09. The van der Waals surface area contributed by atoms with E-state index < -0.39 is 11.4 Å². The Morgan fingerprint density at radius 1 is 1.41 bits per heavy atom. The summed E-state index contributed by atoms with van der Waals surface area (Å²) in [6.45, 7) is 1.71. The predicted octanol–water partition coefficient (Wildman–Crippen LogP) is 3.82. The van der Waals surface area contributed by atoms with Crippen molar-refractivity contribution in [2.45, 2.75) is 38.1 Å². The van der Waals surface area contributed by atoms with E-state index >= 15 is 0 Å². The Bertz CT molecular complexity index is 913. The van der Waals surface area contributed by atoms with Crippen LogP contribution in [0.2, 0.25) is 0 Å². The number of anilines is 1. The van der Waals surface area contributed by atoms with Gasteiger partial charge in [-0.05, 0) is 43.9 Å². The predicted molar refractivity (Wildman–Crippen MR) is 103 cm³/mol. The molecule has 0 radical (unpaired) electrons. The highest BCUT2D eigenvalue weighted by Crippen LogP contribution is 2.50. The van der Waals surface area contributed by atoms with Crippen molar-refractivity contribution in [3.8, 4) is 0 Å². The number of thioether (sulfide) groups is 1. The van der Waals surface area contributed by atoms with E-state index in [1.54, 1.807) is 25.1 Å². The molecule has 2 aromatic rings. The monoisotopic (exact) mass is 388 g/mol. The normalized spacial score (nSPS) is 24.8. The minimum Gasteiger partial charge on any atom is -0.379 e. The first kappa shape index (κ1) is 18.0. The molecule has 2 aliphatic rings. The van der Waals surface area contributed by atoms with Crippen molar-refractivity contribution in [3.05, 3.63) is 47.1 Å². The summed E-state index contributed by atoms with van der Waals surface area (Å²) in [6.07, 6.45) is 3.85. The molecular formula is C19H21FN4O2S. The van der Waals surface area contributed by atoms with Crippen LogP contribution in [0.3, 0.4) is 0 Å². The number of nitrogens with two attached hydrogens (primary N) is 1. The second-order valence-electron chi connectivity index (χ2n) is 7.10. The van der Waals surface area contributed by atoms with E-state index in [-0.39, 0.29) is 17.4 Å². The van der Waals surface area contributed by atoms with E-state index in [2.05, 4.69) is 10.5 Å². The van der Waals surface area contributed by atoms with Gasteiger partial charge in [0.15, 0.2) is 10.9 Å². The van der Waals surface area contributed by atoms with Gasteiger partial charge in [0.25, 0.3) is 5.91 Å². The third kappa shape index (κ3) is 3.34. The summed E-state index contributed by atoms with van der Waals surface area (Å²) in [5.74, 6) is 0.907. The number of nitrogens with zero attached hydrogens (tertiary/aromatic N) is 2. The maximum atomic E-state index is 14.9. The van der Waals surface area contributed by atoms with Crippen LogP contribution in [0.5, 0.6) is 0 Å². The van der Waals surface area contributed by atoms with Gasteiger partial charge in [0, 0.05) is 23.1 Å². The Morgan fingerprint density at radius 3 is 3.04 bits per heavy atom. The lowest BCUT2D eigenvalue weighted by Gasteiger charge is -2.44. The third-order valence-electron chi connectivity index (χ3n) is 5.33. The molecule has 8 heteroatoms. The molecule has 3 N–H and O–H groups in total. The van der Waals surface area contributed by atoms with E-state index in [1.165, 1.54) is 17.8 Å². The van der Waals surface area contributed by atoms with Gasteiger partial charge in [-0.1, -0.05) is 29.8 Å². The molecule has 1 amide bonds. The summed E-state index contributed by atoms with van der Waals surface area (Å²) in [5, 5.41) is 6.98. The van der Waals surface area contributed by atoms with Crippen molar-refractivity contribution in [2.24, 2.45) is 16.6 Å². The highest BCUT2D eigenvalue weighted by atomic mass is 32.2. The number of hydrogen-bond acceptors (Lipinski definition) is 6. The number of nitrogens with one attached hydrogen (secondary N) is 1. The highest BCUT2D eigenvalue weighted by molar-refractivity contribution is 8.13. The molecule has 1 aliphatic carbocycles. The summed E-state index contributed by atoms with van der Waals surface area (Å²) < 4.78 is 19.8. The van der Waals surface area contributed by atoms with Gasteiger partial charge < -0.3 is 15.6 Å². The minimum absolute atomic E-state index is 0.184. The van der Waals surface area contributed by atoms with Crippen molar-refractivity contribution in [2.75, 3.05) is 11.1 Å². The molecule has 2 heterocycles. The number of carbonyl (C=O) groups excluding carboxylic acids is 1. The number of hydrogen-bond donors (Lipinski definition) is 2. The molecule has 27 heavy (non-hydrogen) atoms. The lowest BCUT2D eigenvalue weighted by molar-refractivity contribution is 0.101.